The topological polar surface area (TPSA) is 231 Å². The van der Waals surface area contributed by atoms with Crippen LogP contribution in [0.4, 0.5) is 0 Å². The average molecular weight is 818 g/mol. The molecule has 7 rings (SSSR count). The highest BCUT2D eigenvalue weighted by molar-refractivity contribution is 5.88. The van der Waals surface area contributed by atoms with Gasteiger partial charge in [-0.05, 0) is 153 Å². The molecule has 5 saturated heterocycles. The van der Waals surface area contributed by atoms with Crippen molar-refractivity contribution >= 4 is 11.8 Å². The zero-order valence-corrected chi connectivity index (χ0v) is 35.2. The number of allylic oxidation sites excluding steroid dienone is 1. The van der Waals surface area contributed by atoms with Gasteiger partial charge in [0, 0.05) is 30.4 Å². The van der Waals surface area contributed by atoms with Gasteiger partial charge >= 0.3 is 5.97 Å². The van der Waals surface area contributed by atoms with Gasteiger partial charge in [0.05, 0.1) is 55.4 Å². The summed E-state index contributed by atoms with van der Waals surface area (Å²) in [5.74, 6) is -2.55. The number of aliphatic hydroxyl groups is 4. The molecule has 0 aromatic carbocycles. The second-order valence-corrected chi connectivity index (χ2v) is 19.5. The SMILES string of the molecule is CC=C(CCNC)C(=O)OC1CC2C(O)C3C(=O)CC(CO)OC3C3C2OC1(C)C(CC1CCC(N)NC1)CCC1C(N)NCCC1C3C(CO)C1CCCC(O)C1. The molecule has 2 saturated carbocycles. The Morgan fingerprint density at radius 2 is 1.84 bits per heavy atom. The van der Waals surface area contributed by atoms with Crippen LogP contribution in [0.3, 0.4) is 0 Å². The first kappa shape index (κ1) is 44.5. The van der Waals surface area contributed by atoms with Crippen LogP contribution in [0.1, 0.15) is 97.3 Å². The predicted octanol–water partition coefficient (Wildman–Crippen LogP) is 1.31. The Balaban J connectivity index is 1.38. The number of Topliss-reactive ketones (excluding diaryl/α,β-unsaturated/α-hetero) is 1. The summed E-state index contributed by atoms with van der Waals surface area (Å²) in [6.45, 7) is 5.61. The highest BCUT2D eigenvalue weighted by atomic mass is 16.6. The van der Waals surface area contributed by atoms with Crippen LogP contribution in [-0.2, 0) is 23.8 Å². The number of ether oxygens (including phenoxy) is 3. The maximum absolute atomic E-state index is 14.3. The van der Waals surface area contributed by atoms with Gasteiger partial charge in [-0.15, -0.1) is 0 Å². The van der Waals surface area contributed by atoms with Crippen LogP contribution < -0.4 is 27.4 Å². The lowest BCUT2D eigenvalue weighted by Gasteiger charge is -2.63. The summed E-state index contributed by atoms with van der Waals surface area (Å²) in [7, 11) is 1.85. The largest absolute Gasteiger partial charge is 0.456 e. The first-order valence-electron chi connectivity index (χ1n) is 22.8. The Kier molecular flexibility index (Phi) is 14.8. The lowest BCUT2D eigenvalue weighted by Crippen LogP contribution is -2.71. The number of ketones is 1. The van der Waals surface area contributed by atoms with Gasteiger partial charge in [-0.3, -0.25) is 4.79 Å². The van der Waals surface area contributed by atoms with Crippen molar-refractivity contribution in [1.82, 2.24) is 16.0 Å². The number of nitrogens with one attached hydrogen (secondary N) is 3. The number of carbonyl (C=O) groups excluding carboxylic acids is 2. The van der Waals surface area contributed by atoms with Crippen LogP contribution in [-0.4, -0.2) is 127 Å². The molecule has 19 atom stereocenters. The molecule has 0 aromatic heterocycles. The number of hydrogen-bond acceptors (Lipinski definition) is 14. The van der Waals surface area contributed by atoms with Crippen LogP contribution in [0.2, 0.25) is 0 Å². The van der Waals surface area contributed by atoms with Crippen molar-refractivity contribution in [2.75, 3.05) is 39.9 Å². The molecule has 0 radical (unpaired) electrons. The zero-order chi connectivity index (χ0) is 41.3. The van der Waals surface area contributed by atoms with Crippen LogP contribution in [0.25, 0.3) is 0 Å². The minimum absolute atomic E-state index is 0.00312. The van der Waals surface area contributed by atoms with Crippen molar-refractivity contribution in [1.29, 1.82) is 0 Å². The number of nitrogens with two attached hydrogens (primary N) is 2. The van der Waals surface area contributed by atoms with E-state index in [0.29, 0.717) is 43.8 Å². The first-order valence-corrected chi connectivity index (χ1v) is 22.8. The molecule has 2 bridgehead atoms. The van der Waals surface area contributed by atoms with Gasteiger partial charge in [-0.2, -0.15) is 0 Å². The fourth-order valence-corrected chi connectivity index (χ4v) is 13.3. The van der Waals surface area contributed by atoms with Crippen LogP contribution in [0, 0.1) is 59.2 Å². The summed E-state index contributed by atoms with van der Waals surface area (Å²) >= 11 is 0. The summed E-state index contributed by atoms with van der Waals surface area (Å²) in [5, 5.41) is 55.8. The van der Waals surface area contributed by atoms with Gasteiger partial charge in [-0.25, -0.2) is 4.79 Å². The van der Waals surface area contributed by atoms with Crippen molar-refractivity contribution in [3.63, 3.8) is 0 Å². The minimum atomic E-state index is -1.13. The molecule has 14 nitrogen and oxygen atoms in total. The van der Waals surface area contributed by atoms with E-state index in [1.165, 1.54) is 0 Å². The Bertz CT molecular complexity index is 1430. The Morgan fingerprint density at radius 3 is 2.53 bits per heavy atom. The third-order valence-electron chi connectivity index (χ3n) is 16.4. The Hall–Kier alpha value is -1.56. The zero-order valence-electron chi connectivity index (χ0n) is 35.2. The van der Waals surface area contributed by atoms with E-state index in [4.69, 9.17) is 25.7 Å². The number of carbonyl (C=O) groups is 2. The normalized spacial score (nSPS) is 46.7. The third-order valence-corrected chi connectivity index (χ3v) is 16.4. The molecule has 11 N–H and O–H groups in total. The second kappa shape index (κ2) is 19.2. The van der Waals surface area contributed by atoms with Crippen molar-refractivity contribution < 1.29 is 44.2 Å². The van der Waals surface area contributed by atoms with Gasteiger partial charge in [0.1, 0.15) is 17.5 Å². The highest BCUT2D eigenvalue weighted by Crippen LogP contribution is 2.59. The van der Waals surface area contributed by atoms with Crippen molar-refractivity contribution in [2.45, 2.75) is 152 Å². The summed E-state index contributed by atoms with van der Waals surface area (Å²) in [6, 6.07) is 0. The molecule has 5 aliphatic heterocycles. The molecular weight excluding hydrogens is 743 g/mol. The van der Waals surface area contributed by atoms with E-state index >= 15 is 0 Å². The maximum atomic E-state index is 14.3. The van der Waals surface area contributed by atoms with E-state index in [1.807, 2.05) is 14.0 Å². The average Bonchev–Trinajstić information content (AvgIpc) is 3.20. The quantitative estimate of drug-likeness (QED) is 0.106. The summed E-state index contributed by atoms with van der Waals surface area (Å²) < 4.78 is 21.2. The fourth-order valence-electron chi connectivity index (χ4n) is 13.3. The molecule has 0 aromatic rings. The Morgan fingerprint density at radius 1 is 1.03 bits per heavy atom. The molecule has 330 valence electrons. The summed E-state index contributed by atoms with van der Waals surface area (Å²) in [6.07, 6.45) is 5.93. The summed E-state index contributed by atoms with van der Waals surface area (Å²) in [4.78, 5) is 28.4. The lowest BCUT2D eigenvalue weighted by molar-refractivity contribution is -0.309. The smallest absolute Gasteiger partial charge is 0.334 e. The van der Waals surface area contributed by atoms with E-state index < -0.39 is 65.9 Å². The number of hydrogen-bond donors (Lipinski definition) is 9. The van der Waals surface area contributed by atoms with Crippen LogP contribution in [0.5, 0.6) is 0 Å². The van der Waals surface area contributed by atoms with E-state index in [9.17, 15) is 30.0 Å². The number of aliphatic hydroxyl groups excluding tert-OH is 4. The van der Waals surface area contributed by atoms with Gasteiger partial charge in [0.15, 0.2) is 0 Å². The minimum Gasteiger partial charge on any atom is -0.456 e. The van der Waals surface area contributed by atoms with Gasteiger partial charge in [-0.1, -0.05) is 12.5 Å². The maximum Gasteiger partial charge on any atom is 0.334 e. The molecule has 7 aliphatic rings. The molecule has 7 fully saturated rings. The van der Waals surface area contributed by atoms with Gasteiger partial charge in [0.25, 0.3) is 0 Å². The van der Waals surface area contributed by atoms with Gasteiger partial charge in [0.2, 0.25) is 0 Å². The van der Waals surface area contributed by atoms with E-state index in [2.05, 4.69) is 22.9 Å². The third kappa shape index (κ3) is 8.86. The molecule has 0 spiro atoms. The van der Waals surface area contributed by atoms with Crippen molar-refractivity contribution in [3.8, 4) is 0 Å². The van der Waals surface area contributed by atoms with Crippen LogP contribution in [0.15, 0.2) is 11.6 Å². The molecule has 19 unspecified atom stereocenters. The monoisotopic (exact) mass is 818 g/mol. The number of rotatable bonds is 11. The lowest BCUT2D eigenvalue weighted by atomic mass is 9.51. The number of piperidine rings is 2. The van der Waals surface area contributed by atoms with E-state index in [0.717, 1.165) is 64.3 Å². The first-order chi connectivity index (χ1) is 27.9. The highest BCUT2D eigenvalue weighted by Gasteiger charge is 2.66. The predicted molar refractivity (Wildman–Crippen MR) is 218 cm³/mol. The number of esters is 1. The van der Waals surface area contributed by atoms with E-state index in [1.54, 1.807) is 6.08 Å². The van der Waals surface area contributed by atoms with Crippen LogP contribution >= 0.6 is 0 Å². The summed E-state index contributed by atoms with van der Waals surface area (Å²) in [5.41, 5.74) is 13.0. The molecular formula is C44H75N5O9. The fraction of sp³-hybridized carbons (Fsp3) is 0.909. The standard InChI is InChI=1S/C44H75N5O9/c1-4-24(12-14-47-3)43(55)57-34-19-31-39(54)37-33(53)18-28(21-50)56-41(37)38-36(32(22-51)25-6-5-7-27(52)17-25)29-13-15-48-42(46)30(29)10-9-26(44(34,2)58-40(31)38)16-23-8-11-35(45)49-20-23/h4,23,25-32,34-42,47-52,54H,5-22,45-46H2,1-3H3. The molecule has 0 amide bonds. The number of fused-ring (bicyclic) bond motifs is 4. The van der Waals surface area contributed by atoms with Crippen molar-refractivity contribution in [2.24, 2.45) is 70.6 Å². The van der Waals surface area contributed by atoms with E-state index in [-0.39, 0.29) is 73.3 Å². The van der Waals surface area contributed by atoms with Crippen molar-refractivity contribution in [3.05, 3.63) is 11.6 Å². The second-order valence-electron chi connectivity index (χ2n) is 19.5. The molecule has 14 heteroatoms. The molecule has 5 heterocycles. The Labute approximate surface area is 345 Å². The molecule has 58 heavy (non-hydrogen) atoms. The van der Waals surface area contributed by atoms with Gasteiger partial charge < -0.3 is 62.1 Å². The molecule has 2 aliphatic carbocycles.